The van der Waals surface area contributed by atoms with Crippen molar-refractivity contribution in [2.45, 2.75) is 43.9 Å². The minimum Gasteiger partial charge on any atom is -0.310 e. The molecule has 1 spiro atoms. The van der Waals surface area contributed by atoms with E-state index < -0.39 is 5.41 Å². The van der Waals surface area contributed by atoms with Gasteiger partial charge in [0.2, 0.25) is 0 Å². The molecular weight excluding hydrogens is 819 g/mol. The van der Waals surface area contributed by atoms with Crippen LogP contribution in [0.15, 0.2) is 224 Å². The van der Waals surface area contributed by atoms with Crippen molar-refractivity contribution in [2.75, 3.05) is 4.90 Å². The van der Waals surface area contributed by atoms with E-state index in [0.29, 0.717) is 0 Å². The normalized spacial score (nSPS) is 15.1. The van der Waals surface area contributed by atoms with Crippen LogP contribution in [0.1, 0.15) is 72.2 Å². The summed E-state index contributed by atoms with van der Waals surface area (Å²) < 4.78 is 0. The standard InChI is InChI=1S/C67H49N/c1-65(2)59-38-44(42-18-7-5-8-19-42)30-34-50(59)52-36-32-46(40-61(52)65)68(47-33-37-53-51-35-31-45(43-20-9-6-10-21-43)39-60(51)66(3,4)62(53)41-47)63-29-17-28-58-64(63)54-24-13-16-27-57(54)67(58)55-25-14-11-22-48(55)49-23-12-15-26-56(49)67/h5-41H,1-4H3. The van der Waals surface area contributed by atoms with Gasteiger partial charge in [-0.3, -0.25) is 0 Å². The molecule has 4 aliphatic carbocycles. The second kappa shape index (κ2) is 14.0. The van der Waals surface area contributed by atoms with Crippen LogP contribution in [0.3, 0.4) is 0 Å². The number of nitrogens with zero attached hydrogens (tertiary/aromatic N) is 1. The topological polar surface area (TPSA) is 3.24 Å². The van der Waals surface area contributed by atoms with Gasteiger partial charge in [0.1, 0.15) is 0 Å². The molecule has 0 bridgehead atoms. The Morgan fingerprint density at radius 3 is 1.12 bits per heavy atom. The predicted octanol–water partition coefficient (Wildman–Crippen LogP) is 17.4. The molecule has 0 amide bonds. The summed E-state index contributed by atoms with van der Waals surface area (Å²) in [5, 5.41) is 0. The Hall–Kier alpha value is -8.00. The van der Waals surface area contributed by atoms with Gasteiger partial charge in [-0.05, 0) is 148 Å². The Balaban J connectivity index is 0.997. The zero-order valence-electron chi connectivity index (χ0n) is 38.8. The lowest BCUT2D eigenvalue weighted by Gasteiger charge is -2.33. The van der Waals surface area contributed by atoms with Crippen LogP contribution in [-0.2, 0) is 16.2 Å². The summed E-state index contributed by atoms with van der Waals surface area (Å²) in [4.78, 5) is 2.59. The molecule has 0 fully saturated rings. The van der Waals surface area contributed by atoms with Gasteiger partial charge in [0.15, 0.2) is 0 Å². The van der Waals surface area contributed by atoms with E-state index in [2.05, 4.69) is 257 Å². The second-order valence-corrected chi connectivity index (χ2v) is 20.4. The van der Waals surface area contributed by atoms with Crippen molar-refractivity contribution in [3.8, 4) is 66.8 Å². The molecule has 14 rings (SSSR count). The third kappa shape index (κ3) is 5.17. The quantitative estimate of drug-likeness (QED) is 0.167. The molecule has 0 aliphatic heterocycles. The second-order valence-electron chi connectivity index (χ2n) is 20.4. The van der Waals surface area contributed by atoms with Gasteiger partial charge in [-0.25, -0.2) is 0 Å². The molecule has 0 N–H and O–H groups in total. The minimum atomic E-state index is -0.448. The van der Waals surface area contributed by atoms with Crippen molar-refractivity contribution < 1.29 is 0 Å². The summed E-state index contributed by atoms with van der Waals surface area (Å²) in [6.07, 6.45) is 0. The number of hydrogen-bond acceptors (Lipinski definition) is 1. The molecule has 322 valence electrons. The first-order valence-corrected chi connectivity index (χ1v) is 24.2. The third-order valence-corrected chi connectivity index (χ3v) is 16.3. The van der Waals surface area contributed by atoms with Crippen LogP contribution in [0.5, 0.6) is 0 Å². The molecular formula is C67H49N. The van der Waals surface area contributed by atoms with E-state index in [9.17, 15) is 0 Å². The average Bonchev–Trinajstić information content (AvgIpc) is 4.02. The Morgan fingerprint density at radius 2 is 0.632 bits per heavy atom. The van der Waals surface area contributed by atoms with Gasteiger partial charge in [0, 0.05) is 27.8 Å². The molecule has 68 heavy (non-hydrogen) atoms. The van der Waals surface area contributed by atoms with Gasteiger partial charge in [-0.15, -0.1) is 0 Å². The Morgan fingerprint density at radius 1 is 0.265 bits per heavy atom. The Kier molecular flexibility index (Phi) is 8.08. The fourth-order valence-corrected chi connectivity index (χ4v) is 13.1. The fraction of sp³-hybridized carbons (Fsp3) is 0.104. The highest BCUT2D eigenvalue weighted by Gasteiger charge is 2.52. The van der Waals surface area contributed by atoms with E-state index >= 15 is 0 Å². The molecule has 0 atom stereocenters. The summed E-state index contributed by atoms with van der Waals surface area (Å²) in [6, 6.07) is 84.9. The van der Waals surface area contributed by atoms with Crippen molar-refractivity contribution in [2.24, 2.45) is 0 Å². The zero-order valence-corrected chi connectivity index (χ0v) is 38.8. The SMILES string of the molecule is CC1(C)c2cc(-c3ccccc3)ccc2-c2ccc(N(c3ccc4c(c3)C(C)(C)c3cc(-c5ccccc5)ccc3-4)c3cccc4c3-c3ccccc3C43c4ccccc4-c4ccccc43)cc21. The van der Waals surface area contributed by atoms with Gasteiger partial charge in [-0.2, -0.15) is 0 Å². The van der Waals surface area contributed by atoms with E-state index in [4.69, 9.17) is 0 Å². The van der Waals surface area contributed by atoms with Crippen LogP contribution < -0.4 is 4.90 Å². The molecule has 1 nitrogen and oxygen atoms in total. The fourth-order valence-electron chi connectivity index (χ4n) is 13.1. The molecule has 0 saturated carbocycles. The van der Waals surface area contributed by atoms with E-state index in [-0.39, 0.29) is 10.8 Å². The zero-order chi connectivity index (χ0) is 45.5. The van der Waals surface area contributed by atoms with Crippen LogP contribution in [-0.4, -0.2) is 0 Å². The van der Waals surface area contributed by atoms with Crippen LogP contribution >= 0.6 is 0 Å². The molecule has 0 saturated heterocycles. The molecule has 1 heteroatoms. The lowest BCUT2D eigenvalue weighted by atomic mass is 9.70. The first kappa shape index (κ1) is 39.2. The minimum absolute atomic E-state index is 0.221. The van der Waals surface area contributed by atoms with E-state index in [1.165, 1.54) is 117 Å². The van der Waals surface area contributed by atoms with Crippen molar-refractivity contribution in [1.82, 2.24) is 0 Å². The van der Waals surface area contributed by atoms with Crippen molar-refractivity contribution in [1.29, 1.82) is 0 Å². The average molecular weight is 868 g/mol. The number of rotatable bonds is 5. The predicted molar refractivity (Wildman–Crippen MR) is 283 cm³/mol. The molecule has 10 aromatic carbocycles. The van der Waals surface area contributed by atoms with Crippen LogP contribution in [0.4, 0.5) is 17.1 Å². The van der Waals surface area contributed by atoms with Crippen LogP contribution in [0.2, 0.25) is 0 Å². The maximum absolute atomic E-state index is 2.59. The lowest BCUT2D eigenvalue weighted by molar-refractivity contribution is 0.660. The van der Waals surface area contributed by atoms with E-state index in [1.54, 1.807) is 0 Å². The van der Waals surface area contributed by atoms with Gasteiger partial charge in [0.05, 0.1) is 11.1 Å². The van der Waals surface area contributed by atoms with Crippen molar-refractivity contribution >= 4 is 17.1 Å². The Labute approximate surface area is 399 Å². The molecule has 0 heterocycles. The first-order chi connectivity index (χ1) is 33.2. The summed E-state index contributed by atoms with van der Waals surface area (Å²) in [7, 11) is 0. The van der Waals surface area contributed by atoms with E-state index in [1.807, 2.05) is 0 Å². The molecule has 10 aromatic rings. The van der Waals surface area contributed by atoms with Crippen LogP contribution in [0, 0.1) is 0 Å². The highest BCUT2D eigenvalue weighted by Crippen LogP contribution is 2.65. The molecule has 0 aromatic heterocycles. The number of benzene rings is 10. The summed E-state index contributed by atoms with van der Waals surface area (Å²) in [5.41, 5.74) is 29.0. The largest absolute Gasteiger partial charge is 0.310 e. The molecule has 0 unspecified atom stereocenters. The lowest BCUT2D eigenvalue weighted by Crippen LogP contribution is -2.26. The number of hydrogen-bond donors (Lipinski definition) is 0. The van der Waals surface area contributed by atoms with Gasteiger partial charge < -0.3 is 4.90 Å². The maximum atomic E-state index is 2.59. The highest BCUT2D eigenvalue weighted by molar-refractivity contribution is 6.02. The Bertz CT molecular complexity index is 3540. The first-order valence-electron chi connectivity index (χ1n) is 24.2. The summed E-state index contributed by atoms with van der Waals surface area (Å²) >= 11 is 0. The third-order valence-electron chi connectivity index (χ3n) is 16.3. The summed E-state index contributed by atoms with van der Waals surface area (Å²) in [6.45, 7) is 9.65. The van der Waals surface area contributed by atoms with Crippen molar-refractivity contribution in [3.63, 3.8) is 0 Å². The van der Waals surface area contributed by atoms with Gasteiger partial charge >= 0.3 is 0 Å². The van der Waals surface area contributed by atoms with E-state index in [0.717, 1.165) is 11.4 Å². The van der Waals surface area contributed by atoms with Gasteiger partial charge in [-0.1, -0.05) is 210 Å². The molecule has 0 radical (unpaired) electrons. The van der Waals surface area contributed by atoms with Crippen LogP contribution in [0.25, 0.3) is 66.8 Å². The highest BCUT2D eigenvalue weighted by atomic mass is 15.1. The monoisotopic (exact) mass is 867 g/mol. The van der Waals surface area contributed by atoms with Crippen molar-refractivity contribution in [3.05, 3.63) is 269 Å². The molecule has 4 aliphatic rings. The summed E-state index contributed by atoms with van der Waals surface area (Å²) in [5.74, 6) is 0. The number of anilines is 3. The smallest absolute Gasteiger partial charge is 0.0726 e. The maximum Gasteiger partial charge on any atom is 0.0726 e. The number of fused-ring (bicyclic) bond motifs is 16. The van der Waals surface area contributed by atoms with Gasteiger partial charge in [0.25, 0.3) is 0 Å².